The molecule has 2 nitrogen and oxygen atoms in total. The fraction of sp³-hybridized carbons (Fsp3) is 0.286. The third-order valence-corrected chi connectivity index (χ3v) is 1.88. The van der Waals surface area contributed by atoms with E-state index in [0.717, 1.165) is 0 Å². The summed E-state index contributed by atoms with van der Waals surface area (Å²) in [5, 5.41) is 0. The first-order valence-corrected chi connectivity index (χ1v) is 4.36. The van der Waals surface area contributed by atoms with Crippen molar-refractivity contribution >= 4 is 22.6 Å². The average Bonchev–Trinajstić information content (AvgIpc) is 2.03. The lowest BCUT2D eigenvalue weighted by Crippen LogP contribution is -2.02. The summed E-state index contributed by atoms with van der Waals surface area (Å²) in [6.07, 6.45) is -2.45. The molecule has 0 aliphatic rings. The van der Waals surface area contributed by atoms with E-state index >= 15 is 0 Å². The summed E-state index contributed by atoms with van der Waals surface area (Å²) in [4.78, 5) is 3.96. The van der Waals surface area contributed by atoms with Crippen LogP contribution in [0.4, 0.5) is 8.78 Å². The Bertz CT molecular complexity index is 278. The van der Waals surface area contributed by atoms with Crippen molar-refractivity contribution in [1.29, 1.82) is 0 Å². The fourth-order valence-electron chi connectivity index (χ4n) is 0.804. The lowest BCUT2D eigenvalue weighted by atomic mass is 10.2. The van der Waals surface area contributed by atoms with Gasteiger partial charge in [-0.15, -0.1) is 0 Å². The van der Waals surface area contributed by atoms with Crippen molar-refractivity contribution in [3.63, 3.8) is 0 Å². The van der Waals surface area contributed by atoms with Crippen LogP contribution in [-0.2, 0) is 6.54 Å². The van der Waals surface area contributed by atoms with E-state index in [4.69, 9.17) is 5.73 Å². The molecule has 0 saturated carbocycles. The van der Waals surface area contributed by atoms with Gasteiger partial charge in [0.2, 0.25) is 0 Å². The van der Waals surface area contributed by atoms with Gasteiger partial charge in [0.25, 0.3) is 6.43 Å². The highest BCUT2D eigenvalue weighted by atomic mass is 127. The van der Waals surface area contributed by atoms with Crippen LogP contribution < -0.4 is 5.73 Å². The van der Waals surface area contributed by atoms with Gasteiger partial charge in [0, 0.05) is 12.1 Å². The van der Waals surface area contributed by atoms with E-state index in [1.54, 1.807) is 0 Å². The van der Waals surface area contributed by atoms with Crippen LogP contribution >= 0.6 is 22.6 Å². The number of halogens is 3. The van der Waals surface area contributed by atoms with E-state index < -0.39 is 6.43 Å². The highest BCUT2D eigenvalue weighted by molar-refractivity contribution is 14.1. The lowest BCUT2D eigenvalue weighted by Gasteiger charge is -2.02. The number of hydrogen-bond donors (Lipinski definition) is 1. The molecular weight excluding hydrogens is 277 g/mol. The number of aromatic nitrogens is 1. The Morgan fingerprint density at radius 1 is 1.50 bits per heavy atom. The number of nitrogens with zero attached hydrogens (tertiary/aromatic N) is 1. The summed E-state index contributed by atoms with van der Waals surface area (Å²) < 4.78 is 24.9. The Hall–Kier alpha value is -0.300. The molecule has 1 aromatic heterocycles. The van der Waals surface area contributed by atoms with E-state index in [2.05, 4.69) is 4.98 Å². The Morgan fingerprint density at radius 2 is 2.17 bits per heavy atom. The van der Waals surface area contributed by atoms with Crippen molar-refractivity contribution in [2.75, 3.05) is 0 Å². The molecule has 0 amide bonds. The van der Waals surface area contributed by atoms with Gasteiger partial charge in [-0.25, -0.2) is 13.8 Å². The van der Waals surface area contributed by atoms with Gasteiger partial charge in [-0.1, -0.05) is 0 Å². The van der Waals surface area contributed by atoms with Crippen molar-refractivity contribution in [3.05, 3.63) is 27.1 Å². The minimum absolute atomic E-state index is 0.0187. The van der Waals surface area contributed by atoms with Gasteiger partial charge in [-0.2, -0.15) is 0 Å². The normalized spacial score (nSPS) is 10.8. The molecule has 5 heteroatoms. The molecular formula is C7H7F2IN2. The summed E-state index contributed by atoms with van der Waals surface area (Å²) in [5.74, 6) is 0. The Labute approximate surface area is 82.3 Å². The first-order chi connectivity index (χ1) is 5.63. The smallest absolute Gasteiger partial charge is 0.264 e. The number of pyridine rings is 1. The maximum atomic E-state index is 12.2. The van der Waals surface area contributed by atoms with E-state index in [0.29, 0.717) is 9.39 Å². The number of rotatable bonds is 2. The molecule has 2 N–H and O–H groups in total. The molecule has 0 bridgehead atoms. The second-order valence-corrected chi connectivity index (χ2v) is 3.32. The van der Waals surface area contributed by atoms with E-state index in [-0.39, 0.29) is 12.1 Å². The molecule has 1 heterocycles. The second-order valence-electron chi connectivity index (χ2n) is 2.22. The predicted octanol–water partition coefficient (Wildman–Crippen LogP) is 2.08. The zero-order valence-electron chi connectivity index (χ0n) is 6.10. The molecule has 0 aromatic carbocycles. The maximum absolute atomic E-state index is 12.2. The molecule has 66 valence electrons. The van der Waals surface area contributed by atoms with Crippen molar-refractivity contribution < 1.29 is 8.78 Å². The molecule has 0 aliphatic carbocycles. The highest BCUT2D eigenvalue weighted by Gasteiger charge is 2.08. The topological polar surface area (TPSA) is 38.9 Å². The van der Waals surface area contributed by atoms with Crippen LogP contribution in [0.5, 0.6) is 0 Å². The molecule has 0 atom stereocenters. The van der Waals surface area contributed by atoms with Crippen LogP contribution in [0.15, 0.2) is 12.1 Å². The van der Waals surface area contributed by atoms with E-state index in [1.807, 2.05) is 22.6 Å². The summed E-state index contributed by atoms with van der Waals surface area (Å²) in [7, 11) is 0. The van der Waals surface area contributed by atoms with Crippen molar-refractivity contribution in [3.8, 4) is 0 Å². The SMILES string of the molecule is NCc1cc(C(F)F)cc(I)n1. The van der Waals surface area contributed by atoms with Crippen LogP contribution in [0, 0.1) is 3.70 Å². The molecule has 0 radical (unpaired) electrons. The van der Waals surface area contributed by atoms with Crippen LogP contribution in [0.25, 0.3) is 0 Å². The summed E-state index contributed by atoms with van der Waals surface area (Å²) >= 11 is 1.89. The van der Waals surface area contributed by atoms with Gasteiger partial charge in [-0.05, 0) is 34.7 Å². The van der Waals surface area contributed by atoms with Crippen LogP contribution in [0.3, 0.4) is 0 Å². The Morgan fingerprint density at radius 3 is 2.67 bits per heavy atom. The molecule has 0 fully saturated rings. The number of nitrogens with two attached hydrogens (primary N) is 1. The first-order valence-electron chi connectivity index (χ1n) is 3.28. The highest BCUT2D eigenvalue weighted by Crippen LogP contribution is 2.20. The first kappa shape index (κ1) is 9.79. The fourth-order valence-corrected chi connectivity index (χ4v) is 1.47. The maximum Gasteiger partial charge on any atom is 0.264 e. The summed E-state index contributed by atoms with van der Waals surface area (Å²) in [6, 6.07) is 2.68. The van der Waals surface area contributed by atoms with Crippen LogP contribution in [0.1, 0.15) is 17.7 Å². The summed E-state index contributed by atoms with van der Waals surface area (Å²) in [5.41, 5.74) is 5.76. The third kappa shape index (κ3) is 2.34. The van der Waals surface area contributed by atoms with Gasteiger partial charge in [0.15, 0.2) is 0 Å². The van der Waals surface area contributed by atoms with Gasteiger partial charge in [0.1, 0.15) is 3.70 Å². The number of hydrogen-bond acceptors (Lipinski definition) is 2. The Balaban J connectivity index is 3.06. The second kappa shape index (κ2) is 4.08. The minimum Gasteiger partial charge on any atom is -0.325 e. The number of alkyl halides is 2. The van der Waals surface area contributed by atoms with Gasteiger partial charge < -0.3 is 5.73 Å². The van der Waals surface area contributed by atoms with Crippen molar-refractivity contribution in [2.45, 2.75) is 13.0 Å². The minimum atomic E-state index is -2.45. The molecule has 1 rings (SSSR count). The van der Waals surface area contributed by atoms with Crippen molar-refractivity contribution in [1.82, 2.24) is 4.98 Å². The molecule has 0 aliphatic heterocycles. The molecule has 12 heavy (non-hydrogen) atoms. The predicted molar refractivity (Wildman–Crippen MR) is 49.8 cm³/mol. The van der Waals surface area contributed by atoms with E-state index in [9.17, 15) is 8.78 Å². The standard InChI is InChI=1S/C7H7F2IN2/c8-7(9)4-1-5(3-11)12-6(10)2-4/h1-2,7H,3,11H2. The van der Waals surface area contributed by atoms with Gasteiger partial charge in [0.05, 0.1) is 5.69 Å². The monoisotopic (exact) mass is 284 g/mol. The molecule has 0 unspecified atom stereocenters. The zero-order chi connectivity index (χ0) is 9.14. The average molecular weight is 284 g/mol. The largest absolute Gasteiger partial charge is 0.325 e. The lowest BCUT2D eigenvalue weighted by molar-refractivity contribution is 0.151. The molecule has 0 spiro atoms. The third-order valence-electron chi connectivity index (χ3n) is 1.33. The molecule has 1 aromatic rings. The zero-order valence-corrected chi connectivity index (χ0v) is 8.26. The summed E-state index contributed by atoms with van der Waals surface area (Å²) in [6.45, 7) is 0.191. The molecule has 0 saturated heterocycles. The van der Waals surface area contributed by atoms with Gasteiger partial charge >= 0.3 is 0 Å². The van der Waals surface area contributed by atoms with E-state index in [1.165, 1.54) is 12.1 Å². The quantitative estimate of drug-likeness (QED) is 0.667. The van der Waals surface area contributed by atoms with Crippen LogP contribution in [0.2, 0.25) is 0 Å². The Kier molecular flexibility index (Phi) is 3.33. The van der Waals surface area contributed by atoms with Gasteiger partial charge in [-0.3, -0.25) is 0 Å². The van der Waals surface area contributed by atoms with Crippen molar-refractivity contribution in [2.24, 2.45) is 5.73 Å². The van der Waals surface area contributed by atoms with Crippen LogP contribution in [-0.4, -0.2) is 4.98 Å².